The lowest BCUT2D eigenvalue weighted by Gasteiger charge is -2.08. The lowest BCUT2D eigenvalue weighted by molar-refractivity contribution is -0.136. The molecule has 0 atom stereocenters. The first kappa shape index (κ1) is 13.1. The Balaban J connectivity index is 2.39. The number of oxazole rings is 1. The molecule has 0 saturated carbocycles. The molecule has 1 aromatic heterocycles. The second-order valence-corrected chi connectivity index (χ2v) is 4.35. The van der Waals surface area contributed by atoms with E-state index in [1.165, 1.54) is 6.26 Å². The van der Waals surface area contributed by atoms with Crippen molar-refractivity contribution in [1.82, 2.24) is 4.98 Å². The number of carboxylic acid groups (broad SMARTS) is 1. The summed E-state index contributed by atoms with van der Waals surface area (Å²) in [5, 5.41) is 8.72. The van der Waals surface area contributed by atoms with Gasteiger partial charge in [0, 0.05) is 5.56 Å². The van der Waals surface area contributed by atoms with Crippen molar-refractivity contribution in [1.29, 1.82) is 0 Å². The van der Waals surface area contributed by atoms with Crippen LogP contribution in [0.25, 0.3) is 11.5 Å². The number of nitrogens with zero attached hydrogens (tertiary/aromatic N) is 1. The Kier molecular flexibility index (Phi) is 3.55. The number of rotatable bonds is 4. The predicted molar refractivity (Wildman–Crippen MR) is 69.3 cm³/mol. The van der Waals surface area contributed by atoms with Gasteiger partial charge in [0.1, 0.15) is 12.0 Å². The highest BCUT2D eigenvalue weighted by molar-refractivity contribution is 5.70. The molecule has 0 saturated heterocycles. The van der Waals surface area contributed by atoms with Gasteiger partial charge in [-0.3, -0.25) is 4.79 Å². The highest BCUT2D eigenvalue weighted by Crippen LogP contribution is 2.29. The number of benzene rings is 1. The summed E-state index contributed by atoms with van der Waals surface area (Å²) in [5.41, 5.74) is 3.19. The summed E-state index contributed by atoms with van der Waals surface area (Å²) >= 11 is 0. The maximum absolute atomic E-state index is 10.6. The van der Waals surface area contributed by atoms with E-state index in [9.17, 15) is 4.79 Å². The number of hydrogen-bond acceptors (Lipinski definition) is 4. The molecular formula is C14H15NO4. The Bertz CT molecular complexity index is 616. The van der Waals surface area contributed by atoms with Gasteiger partial charge in [-0.05, 0) is 37.1 Å². The van der Waals surface area contributed by atoms with Crippen molar-refractivity contribution in [2.45, 2.75) is 20.3 Å². The van der Waals surface area contributed by atoms with E-state index in [0.717, 1.165) is 22.4 Å². The zero-order valence-electron chi connectivity index (χ0n) is 11.1. The number of ether oxygens (including phenoxy) is 1. The van der Waals surface area contributed by atoms with E-state index in [1.54, 1.807) is 7.11 Å². The van der Waals surface area contributed by atoms with E-state index in [4.69, 9.17) is 14.3 Å². The maximum atomic E-state index is 10.6. The Hall–Kier alpha value is -2.30. The van der Waals surface area contributed by atoms with Gasteiger partial charge in [-0.1, -0.05) is 0 Å². The molecule has 0 spiro atoms. The third kappa shape index (κ3) is 2.76. The number of aliphatic carboxylic acids is 1. The number of hydrogen-bond donors (Lipinski definition) is 1. The van der Waals surface area contributed by atoms with Crippen LogP contribution in [0.15, 0.2) is 22.8 Å². The topological polar surface area (TPSA) is 72.6 Å². The molecule has 1 aromatic carbocycles. The first-order valence-electron chi connectivity index (χ1n) is 5.83. The summed E-state index contributed by atoms with van der Waals surface area (Å²) in [7, 11) is 1.62. The molecule has 0 aliphatic carbocycles. The number of aromatic nitrogens is 1. The molecule has 5 nitrogen and oxygen atoms in total. The SMILES string of the molecule is COc1cc(C)c(-c2nc(CC(=O)O)co2)cc1C. The standard InChI is InChI=1S/C14H15NO4/c1-8-5-12(18-3)9(2)4-11(8)14-15-10(7-19-14)6-13(16)17/h4-5,7H,6H2,1-3H3,(H,16,17). The zero-order chi connectivity index (χ0) is 14.0. The minimum absolute atomic E-state index is 0.141. The van der Waals surface area contributed by atoms with Gasteiger partial charge < -0.3 is 14.3 Å². The number of carbonyl (C=O) groups is 1. The number of methoxy groups -OCH3 is 1. The van der Waals surface area contributed by atoms with Gasteiger partial charge >= 0.3 is 5.97 Å². The van der Waals surface area contributed by atoms with Gasteiger partial charge in [0.05, 0.1) is 19.2 Å². The smallest absolute Gasteiger partial charge is 0.309 e. The minimum atomic E-state index is -0.928. The van der Waals surface area contributed by atoms with Crippen LogP contribution in [0.1, 0.15) is 16.8 Å². The first-order chi connectivity index (χ1) is 9.01. The molecule has 19 heavy (non-hydrogen) atoms. The molecule has 0 bridgehead atoms. The van der Waals surface area contributed by atoms with Crippen molar-refractivity contribution in [3.05, 3.63) is 35.2 Å². The van der Waals surface area contributed by atoms with Crippen LogP contribution < -0.4 is 4.74 Å². The van der Waals surface area contributed by atoms with E-state index in [-0.39, 0.29) is 6.42 Å². The van der Waals surface area contributed by atoms with Crippen molar-refractivity contribution >= 4 is 5.97 Å². The van der Waals surface area contributed by atoms with Crippen LogP contribution in [-0.2, 0) is 11.2 Å². The third-order valence-corrected chi connectivity index (χ3v) is 2.86. The Labute approximate surface area is 110 Å². The fourth-order valence-electron chi connectivity index (χ4n) is 1.91. The molecule has 0 unspecified atom stereocenters. The van der Waals surface area contributed by atoms with Gasteiger partial charge in [-0.15, -0.1) is 0 Å². The normalized spacial score (nSPS) is 10.5. The summed E-state index contributed by atoms with van der Waals surface area (Å²) in [6, 6.07) is 3.83. The van der Waals surface area contributed by atoms with Gasteiger partial charge in [-0.2, -0.15) is 0 Å². The molecule has 0 aliphatic rings. The van der Waals surface area contributed by atoms with Gasteiger partial charge in [0.2, 0.25) is 5.89 Å². The molecule has 0 fully saturated rings. The Morgan fingerprint density at radius 2 is 2.11 bits per heavy atom. The van der Waals surface area contributed by atoms with Crippen molar-refractivity contribution in [3.8, 4) is 17.2 Å². The van der Waals surface area contributed by atoms with Crippen molar-refractivity contribution in [3.63, 3.8) is 0 Å². The van der Waals surface area contributed by atoms with E-state index >= 15 is 0 Å². The summed E-state index contributed by atoms with van der Waals surface area (Å²) in [6.45, 7) is 3.86. The fraction of sp³-hybridized carbons (Fsp3) is 0.286. The third-order valence-electron chi connectivity index (χ3n) is 2.86. The van der Waals surface area contributed by atoms with E-state index in [2.05, 4.69) is 4.98 Å². The second-order valence-electron chi connectivity index (χ2n) is 4.35. The lowest BCUT2D eigenvalue weighted by atomic mass is 10.0. The fourth-order valence-corrected chi connectivity index (χ4v) is 1.91. The highest BCUT2D eigenvalue weighted by Gasteiger charge is 2.13. The quantitative estimate of drug-likeness (QED) is 0.915. The van der Waals surface area contributed by atoms with Crippen LogP contribution in [0.4, 0.5) is 0 Å². The average Bonchev–Trinajstić information content (AvgIpc) is 2.79. The maximum Gasteiger partial charge on any atom is 0.309 e. The average molecular weight is 261 g/mol. The van der Waals surface area contributed by atoms with Crippen LogP contribution in [0.2, 0.25) is 0 Å². The summed E-state index contributed by atoms with van der Waals surface area (Å²) < 4.78 is 10.6. The molecular weight excluding hydrogens is 246 g/mol. The zero-order valence-corrected chi connectivity index (χ0v) is 11.1. The number of aryl methyl sites for hydroxylation is 2. The van der Waals surface area contributed by atoms with E-state index in [0.29, 0.717) is 11.6 Å². The number of carboxylic acids is 1. The van der Waals surface area contributed by atoms with Crippen molar-refractivity contribution < 1.29 is 19.1 Å². The van der Waals surface area contributed by atoms with Crippen molar-refractivity contribution in [2.75, 3.05) is 7.11 Å². The van der Waals surface area contributed by atoms with Crippen LogP contribution in [-0.4, -0.2) is 23.2 Å². The van der Waals surface area contributed by atoms with Crippen LogP contribution in [0.3, 0.4) is 0 Å². The summed E-state index contributed by atoms with van der Waals surface area (Å²) in [6.07, 6.45) is 1.24. The van der Waals surface area contributed by atoms with Crippen LogP contribution >= 0.6 is 0 Å². The molecule has 0 aliphatic heterocycles. The molecule has 2 rings (SSSR count). The van der Waals surface area contributed by atoms with E-state index < -0.39 is 5.97 Å². The lowest BCUT2D eigenvalue weighted by Crippen LogP contribution is -2.00. The van der Waals surface area contributed by atoms with Gasteiger partial charge in [0.15, 0.2) is 0 Å². The first-order valence-corrected chi connectivity index (χ1v) is 5.83. The Morgan fingerprint density at radius 3 is 2.74 bits per heavy atom. The largest absolute Gasteiger partial charge is 0.496 e. The predicted octanol–water partition coefficient (Wildman–Crippen LogP) is 2.59. The van der Waals surface area contributed by atoms with Crippen LogP contribution in [0.5, 0.6) is 5.75 Å². The molecule has 100 valence electrons. The summed E-state index contributed by atoms with van der Waals surface area (Å²) in [5.74, 6) is 0.306. The highest BCUT2D eigenvalue weighted by atomic mass is 16.5. The molecule has 2 aromatic rings. The van der Waals surface area contributed by atoms with E-state index in [1.807, 2.05) is 26.0 Å². The molecule has 0 radical (unpaired) electrons. The Morgan fingerprint density at radius 1 is 1.37 bits per heavy atom. The van der Waals surface area contributed by atoms with Crippen LogP contribution in [0, 0.1) is 13.8 Å². The molecule has 1 N–H and O–H groups in total. The minimum Gasteiger partial charge on any atom is -0.496 e. The second kappa shape index (κ2) is 5.14. The van der Waals surface area contributed by atoms with Crippen molar-refractivity contribution in [2.24, 2.45) is 0 Å². The van der Waals surface area contributed by atoms with Gasteiger partial charge in [0.25, 0.3) is 0 Å². The molecule has 5 heteroatoms. The molecule has 0 amide bonds. The monoisotopic (exact) mass is 261 g/mol. The van der Waals surface area contributed by atoms with Gasteiger partial charge in [-0.25, -0.2) is 4.98 Å². The molecule has 1 heterocycles. The summed E-state index contributed by atoms with van der Waals surface area (Å²) in [4.78, 5) is 14.8.